The van der Waals surface area contributed by atoms with Crippen molar-refractivity contribution in [1.29, 1.82) is 0 Å². The van der Waals surface area contributed by atoms with E-state index in [2.05, 4.69) is 5.32 Å². The zero-order valence-electron chi connectivity index (χ0n) is 17.9. The molecule has 1 amide bonds. The lowest BCUT2D eigenvalue weighted by Crippen LogP contribution is -2.40. The number of anilines is 1. The summed E-state index contributed by atoms with van der Waals surface area (Å²) in [6, 6.07) is 13.1. The fourth-order valence-electron chi connectivity index (χ4n) is 3.84. The standard InChI is InChI=1S/C24H23N3O3S/c1-14-8-9-18(17(4)12-14)27-23(29)22-19(10-11-31-22)26(24(27)30)13-20(28)25-21-15(2)6-5-7-16(21)3/h5-12H,13H2,1-4H3,(H,25,28). The maximum atomic E-state index is 13.4. The molecule has 2 aromatic carbocycles. The summed E-state index contributed by atoms with van der Waals surface area (Å²) >= 11 is 1.27. The second kappa shape index (κ2) is 8.00. The van der Waals surface area contributed by atoms with Gasteiger partial charge in [-0.2, -0.15) is 0 Å². The fraction of sp³-hybridized carbons (Fsp3) is 0.208. The van der Waals surface area contributed by atoms with Crippen LogP contribution >= 0.6 is 11.3 Å². The molecule has 31 heavy (non-hydrogen) atoms. The fourth-order valence-corrected chi connectivity index (χ4v) is 4.67. The molecule has 7 heteroatoms. The van der Waals surface area contributed by atoms with E-state index < -0.39 is 5.69 Å². The lowest BCUT2D eigenvalue weighted by molar-refractivity contribution is -0.116. The van der Waals surface area contributed by atoms with Crippen LogP contribution < -0.4 is 16.6 Å². The van der Waals surface area contributed by atoms with Gasteiger partial charge in [-0.1, -0.05) is 35.9 Å². The number of hydrogen-bond donors (Lipinski definition) is 1. The van der Waals surface area contributed by atoms with E-state index >= 15 is 0 Å². The van der Waals surface area contributed by atoms with Crippen LogP contribution in [0.3, 0.4) is 0 Å². The minimum Gasteiger partial charge on any atom is -0.324 e. The molecule has 4 aromatic rings. The molecule has 0 fully saturated rings. The molecule has 0 saturated carbocycles. The Balaban J connectivity index is 1.83. The lowest BCUT2D eigenvalue weighted by Gasteiger charge is -2.15. The van der Waals surface area contributed by atoms with Crippen LogP contribution in [-0.4, -0.2) is 15.0 Å². The number of benzene rings is 2. The molecule has 0 saturated heterocycles. The molecule has 1 N–H and O–H groups in total. The number of carbonyl (C=O) groups excluding carboxylic acids is 1. The second-order valence-corrected chi connectivity index (χ2v) is 8.67. The summed E-state index contributed by atoms with van der Waals surface area (Å²) in [7, 11) is 0. The van der Waals surface area contributed by atoms with Crippen molar-refractivity contribution in [2.75, 3.05) is 5.32 Å². The van der Waals surface area contributed by atoms with Crippen LogP contribution in [-0.2, 0) is 11.3 Å². The van der Waals surface area contributed by atoms with Crippen molar-refractivity contribution >= 4 is 33.1 Å². The predicted octanol–water partition coefficient (Wildman–Crippen LogP) is 4.09. The SMILES string of the molecule is Cc1ccc(-n2c(=O)c3sccc3n(CC(=O)Nc3c(C)cccc3C)c2=O)c(C)c1. The number of aryl methyl sites for hydroxylation is 4. The molecule has 2 aromatic heterocycles. The highest BCUT2D eigenvalue weighted by Gasteiger charge is 2.19. The van der Waals surface area contributed by atoms with E-state index in [1.54, 1.807) is 17.5 Å². The van der Waals surface area contributed by atoms with E-state index in [1.807, 2.05) is 58.0 Å². The molecule has 0 unspecified atom stereocenters. The topological polar surface area (TPSA) is 73.1 Å². The number of amides is 1. The van der Waals surface area contributed by atoms with Gasteiger partial charge >= 0.3 is 5.69 Å². The summed E-state index contributed by atoms with van der Waals surface area (Å²) in [6.07, 6.45) is 0. The van der Waals surface area contributed by atoms with Crippen LogP contribution in [0.25, 0.3) is 15.9 Å². The number of para-hydroxylation sites is 1. The van der Waals surface area contributed by atoms with Crippen molar-refractivity contribution in [2.45, 2.75) is 34.2 Å². The quantitative estimate of drug-likeness (QED) is 0.527. The number of hydrogen-bond acceptors (Lipinski definition) is 4. The number of fused-ring (bicyclic) bond motifs is 1. The molecule has 0 bridgehead atoms. The number of nitrogens with zero attached hydrogens (tertiary/aromatic N) is 2. The smallest absolute Gasteiger partial charge is 0.324 e. The number of carbonyl (C=O) groups is 1. The number of aromatic nitrogens is 2. The van der Waals surface area contributed by atoms with E-state index in [4.69, 9.17) is 0 Å². The maximum Gasteiger partial charge on any atom is 0.336 e. The number of nitrogens with one attached hydrogen (secondary N) is 1. The Labute approximate surface area is 183 Å². The Morgan fingerprint density at radius 1 is 0.968 bits per heavy atom. The van der Waals surface area contributed by atoms with Gasteiger partial charge in [0.25, 0.3) is 5.56 Å². The van der Waals surface area contributed by atoms with Crippen LogP contribution in [0.1, 0.15) is 22.3 Å². The molecule has 2 heterocycles. The molecular weight excluding hydrogens is 410 g/mol. The van der Waals surface area contributed by atoms with Gasteiger partial charge in [-0.25, -0.2) is 9.36 Å². The van der Waals surface area contributed by atoms with E-state index in [-0.39, 0.29) is 18.0 Å². The molecule has 0 spiro atoms. The average molecular weight is 434 g/mol. The van der Waals surface area contributed by atoms with Gasteiger partial charge in [-0.3, -0.25) is 14.2 Å². The van der Waals surface area contributed by atoms with Gasteiger partial charge in [0.1, 0.15) is 11.2 Å². The molecular formula is C24H23N3O3S. The predicted molar refractivity (Wildman–Crippen MR) is 126 cm³/mol. The largest absolute Gasteiger partial charge is 0.336 e. The summed E-state index contributed by atoms with van der Waals surface area (Å²) in [5.41, 5.74) is 4.60. The molecule has 0 atom stereocenters. The second-order valence-electron chi connectivity index (χ2n) is 7.75. The van der Waals surface area contributed by atoms with Gasteiger partial charge in [0, 0.05) is 5.69 Å². The van der Waals surface area contributed by atoms with Crippen molar-refractivity contribution in [2.24, 2.45) is 0 Å². The van der Waals surface area contributed by atoms with E-state index in [9.17, 15) is 14.4 Å². The highest BCUT2D eigenvalue weighted by atomic mass is 32.1. The van der Waals surface area contributed by atoms with Gasteiger partial charge in [-0.15, -0.1) is 11.3 Å². The summed E-state index contributed by atoms with van der Waals surface area (Å²) in [4.78, 5) is 39.4. The molecule has 0 radical (unpaired) electrons. The first-order valence-electron chi connectivity index (χ1n) is 9.94. The van der Waals surface area contributed by atoms with Crippen molar-refractivity contribution < 1.29 is 4.79 Å². The number of rotatable bonds is 4. The first-order chi connectivity index (χ1) is 14.8. The highest BCUT2D eigenvalue weighted by Crippen LogP contribution is 2.21. The molecule has 158 valence electrons. The maximum absolute atomic E-state index is 13.4. The summed E-state index contributed by atoms with van der Waals surface area (Å²) in [6.45, 7) is 7.48. The van der Waals surface area contributed by atoms with Crippen molar-refractivity contribution in [3.8, 4) is 5.69 Å². The van der Waals surface area contributed by atoms with Crippen LogP contribution in [0.2, 0.25) is 0 Å². The Kier molecular flexibility index (Phi) is 5.37. The molecule has 0 aliphatic carbocycles. The summed E-state index contributed by atoms with van der Waals surface area (Å²) in [5, 5.41) is 4.68. The van der Waals surface area contributed by atoms with Crippen molar-refractivity contribution in [3.05, 3.63) is 90.9 Å². The third kappa shape index (κ3) is 3.72. The van der Waals surface area contributed by atoms with Crippen LogP contribution in [0.5, 0.6) is 0 Å². The third-order valence-electron chi connectivity index (χ3n) is 5.40. The average Bonchev–Trinajstić information content (AvgIpc) is 3.20. The van der Waals surface area contributed by atoms with Gasteiger partial charge in [-0.05, 0) is 61.9 Å². The molecule has 4 rings (SSSR count). The zero-order chi connectivity index (χ0) is 22.3. The normalized spacial score (nSPS) is 11.1. The van der Waals surface area contributed by atoms with Gasteiger partial charge in [0.2, 0.25) is 5.91 Å². The monoisotopic (exact) mass is 433 g/mol. The number of thiophene rings is 1. The van der Waals surface area contributed by atoms with Crippen LogP contribution in [0, 0.1) is 27.7 Å². The van der Waals surface area contributed by atoms with E-state index in [0.717, 1.165) is 27.9 Å². The molecule has 6 nitrogen and oxygen atoms in total. The Hall–Kier alpha value is -3.45. The Morgan fingerprint density at radius 2 is 1.68 bits per heavy atom. The van der Waals surface area contributed by atoms with E-state index in [0.29, 0.717) is 15.9 Å². The molecule has 0 aliphatic rings. The first kappa shape index (κ1) is 20.8. The zero-order valence-corrected chi connectivity index (χ0v) is 18.7. The molecule has 0 aliphatic heterocycles. The minimum atomic E-state index is -0.528. The van der Waals surface area contributed by atoms with Crippen LogP contribution in [0.4, 0.5) is 5.69 Å². The lowest BCUT2D eigenvalue weighted by atomic mass is 10.1. The highest BCUT2D eigenvalue weighted by molar-refractivity contribution is 7.17. The summed E-state index contributed by atoms with van der Waals surface area (Å²) < 4.78 is 2.98. The first-order valence-corrected chi connectivity index (χ1v) is 10.8. The third-order valence-corrected chi connectivity index (χ3v) is 6.29. The Morgan fingerprint density at radius 3 is 2.35 bits per heavy atom. The Bertz CT molecular complexity index is 1420. The van der Waals surface area contributed by atoms with Crippen molar-refractivity contribution in [3.63, 3.8) is 0 Å². The van der Waals surface area contributed by atoms with Crippen molar-refractivity contribution in [1.82, 2.24) is 9.13 Å². The van der Waals surface area contributed by atoms with E-state index in [1.165, 1.54) is 20.5 Å². The summed E-state index contributed by atoms with van der Waals surface area (Å²) in [5.74, 6) is -0.321. The minimum absolute atomic E-state index is 0.189. The van der Waals surface area contributed by atoms with Gasteiger partial charge in [0.15, 0.2) is 0 Å². The van der Waals surface area contributed by atoms with Crippen LogP contribution in [0.15, 0.2) is 57.4 Å². The van der Waals surface area contributed by atoms with Gasteiger partial charge in [0.05, 0.1) is 11.2 Å². The van der Waals surface area contributed by atoms with Gasteiger partial charge < -0.3 is 5.32 Å².